The van der Waals surface area contributed by atoms with Crippen molar-refractivity contribution in [3.8, 4) is 0 Å². The van der Waals surface area contributed by atoms with Gasteiger partial charge in [-0.3, -0.25) is 9.59 Å². The average molecular weight is 418 g/mol. The number of hydrogen-bond donors (Lipinski definition) is 3. The average Bonchev–Trinajstić information content (AvgIpc) is 2.71. The third kappa shape index (κ3) is 6.15. The minimum Gasteiger partial charge on any atom is -0.478 e. The van der Waals surface area contributed by atoms with Crippen molar-refractivity contribution in [3.05, 3.63) is 71.8 Å². The number of para-hydroxylation sites is 1. The van der Waals surface area contributed by atoms with E-state index in [-0.39, 0.29) is 23.8 Å². The molecule has 0 radical (unpaired) electrons. The lowest BCUT2D eigenvalue weighted by Gasteiger charge is -2.10. The Labute approximate surface area is 181 Å². The molecule has 160 valence electrons. The number of nitrogens with one attached hydrogen (secondary N) is 2. The molecule has 0 bridgehead atoms. The zero-order chi connectivity index (χ0) is 22.4. The van der Waals surface area contributed by atoms with Gasteiger partial charge in [-0.1, -0.05) is 50.2 Å². The predicted molar refractivity (Wildman–Crippen MR) is 122 cm³/mol. The summed E-state index contributed by atoms with van der Waals surface area (Å²) in [5.41, 5.74) is 2.14. The van der Waals surface area contributed by atoms with Crippen molar-refractivity contribution in [3.63, 3.8) is 0 Å². The molecule has 3 rings (SSSR count). The molecule has 2 amide bonds. The molecule has 0 saturated heterocycles. The smallest absolute Gasteiger partial charge is 0.337 e. The Morgan fingerprint density at radius 1 is 0.871 bits per heavy atom. The number of hydrogen-bond acceptors (Lipinski definition) is 3. The molecule has 0 atom stereocenters. The number of carboxylic acid groups (broad SMARTS) is 1. The first-order chi connectivity index (χ1) is 14.8. The first-order valence-corrected chi connectivity index (χ1v) is 10.3. The molecule has 6 heteroatoms. The minimum absolute atomic E-state index is 0.00135. The molecule has 0 aromatic heterocycles. The Kier molecular flexibility index (Phi) is 7.03. The number of amides is 2. The molecule has 3 N–H and O–H groups in total. The fraction of sp³-hybridized carbons (Fsp3) is 0.240. The van der Waals surface area contributed by atoms with Crippen LogP contribution < -0.4 is 10.6 Å². The maximum Gasteiger partial charge on any atom is 0.337 e. The number of rotatable bonds is 8. The van der Waals surface area contributed by atoms with Crippen molar-refractivity contribution in [2.45, 2.75) is 33.1 Å². The van der Waals surface area contributed by atoms with Gasteiger partial charge in [0.15, 0.2) is 0 Å². The minimum atomic E-state index is -1.08. The van der Waals surface area contributed by atoms with Gasteiger partial charge in [0.25, 0.3) is 0 Å². The summed E-state index contributed by atoms with van der Waals surface area (Å²) < 4.78 is 0. The second-order valence-electron chi connectivity index (χ2n) is 7.94. The van der Waals surface area contributed by atoms with Crippen molar-refractivity contribution >= 4 is 39.9 Å². The summed E-state index contributed by atoms with van der Waals surface area (Å²) in [6.07, 6.45) is 1.25. The molecular weight excluding hydrogens is 392 g/mol. The van der Waals surface area contributed by atoms with E-state index in [1.807, 2.05) is 50.2 Å². The molecule has 0 unspecified atom stereocenters. The largest absolute Gasteiger partial charge is 0.478 e. The Morgan fingerprint density at radius 3 is 2.32 bits per heavy atom. The molecule has 0 aliphatic rings. The monoisotopic (exact) mass is 418 g/mol. The lowest BCUT2D eigenvalue weighted by Crippen LogP contribution is -2.15. The maximum absolute atomic E-state index is 12.3. The van der Waals surface area contributed by atoms with Gasteiger partial charge in [-0.2, -0.15) is 0 Å². The topological polar surface area (TPSA) is 95.5 Å². The summed E-state index contributed by atoms with van der Waals surface area (Å²) in [7, 11) is 0. The van der Waals surface area contributed by atoms with Gasteiger partial charge in [-0.15, -0.1) is 0 Å². The standard InChI is InChI=1S/C25H26N2O4/c1-16(2)13-24(29)26-20-11-10-18-14-17(7-9-19(18)15-20)8-12-23(28)27-22-6-4-3-5-21(22)25(30)31/h3-7,9-11,14-16H,8,12-13H2,1-2H3,(H,26,29)(H,27,28)(H,30,31). The Hall–Kier alpha value is -3.67. The number of aryl methyl sites for hydroxylation is 1. The second kappa shape index (κ2) is 9.89. The Bertz CT molecular complexity index is 1120. The SMILES string of the molecule is CC(C)CC(=O)Nc1ccc2cc(CCC(=O)Nc3ccccc3C(=O)O)ccc2c1. The van der Waals surface area contributed by atoms with E-state index in [1.165, 1.54) is 6.07 Å². The zero-order valence-electron chi connectivity index (χ0n) is 17.6. The van der Waals surface area contributed by atoms with Crippen molar-refractivity contribution in [1.82, 2.24) is 0 Å². The van der Waals surface area contributed by atoms with E-state index < -0.39 is 5.97 Å². The Morgan fingerprint density at radius 2 is 1.58 bits per heavy atom. The van der Waals surface area contributed by atoms with Gasteiger partial charge < -0.3 is 15.7 Å². The van der Waals surface area contributed by atoms with Crippen LogP contribution in [0.1, 0.15) is 42.6 Å². The van der Waals surface area contributed by atoms with Crippen LogP contribution in [0.5, 0.6) is 0 Å². The van der Waals surface area contributed by atoms with E-state index in [0.29, 0.717) is 24.4 Å². The number of anilines is 2. The summed E-state index contributed by atoms with van der Waals surface area (Å²) in [4.78, 5) is 35.5. The van der Waals surface area contributed by atoms with Crippen LogP contribution in [-0.2, 0) is 16.0 Å². The summed E-state index contributed by atoms with van der Waals surface area (Å²) >= 11 is 0. The van der Waals surface area contributed by atoms with Crippen LogP contribution in [-0.4, -0.2) is 22.9 Å². The maximum atomic E-state index is 12.3. The van der Waals surface area contributed by atoms with Crippen LogP contribution in [0.25, 0.3) is 10.8 Å². The molecule has 0 aliphatic heterocycles. The highest BCUT2D eigenvalue weighted by Crippen LogP contribution is 2.22. The lowest BCUT2D eigenvalue weighted by atomic mass is 10.0. The normalized spacial score (nSPS) is 10.8. The molecule has 31 heavy (non-hydrogen) atoms. The number of carbonyl (C=O) groups excluding carboxylic acids is 2. The number of fused-ring (bicyclic) bond motifs is 1. The van der Waals surface area contributed by atoms with Crippen LogP contribution in [0.15, 0.2) is 60.7 Å². The zero-order valence-corrected chi connectivity index (χ0v) is 17.6. The van der Waals surface area contributed by atoms with Gasteiger partial charge in [-0.25, -0.2) is 4.79 Å². The second-order valence-corrected chi connectivity index (χ2v) is 7.94. The van der Waals surface area contributed by atoms with Gasteiger partial charge in [0, 0.05) is 18.5 Å². The molecule has 3 aromatic carbocycles. The molecule has 6 nitrogen and oxygen atoms in total. The van der Waals surface area contributed by atoms with Crippen LogP contribution >= 0.6 is 0 Å². The van der Waals surface area contributed by atoms with E-state index in [1.54, 1.807) is 18.2 Å². The van der Waals surface area contributed by atoms with Gasteiger partial charge in [0.05, 0.1) is 11.3 Å². The first-order valence-electron chi connectivity index (χ1n) is 10.3. The quantitative estimate of drug-likeness (QED) is 0.475. The number of benzene rings is 3. The van der Waals surface area contributed by atoms with Gasteiger partial charge in [-0.05, 0) is 52.9 Å². The van der Waals surface area contributed by atoms with E-state index in [4.69, 9.17) is 0 Å². The van der Waals surface area contributed by atoms with Crippen LogP contribution in [0.3, 0.4) is 0 Å². The summed E-state index contributed by atoms with van der Waals surface area (Å²) in [5.74, 6) is -1.01. The number of aromatic carboxylic acids is 1. The highest BCUT2D eigenvalue weighted by Gasteiger charge is 2.12. The molecule has 0 aliphatic carbocycles. The lowest BCUT2D eigenvalue weighted by molar-refractivity contribution is -0.117. The first kappa shape index (κ1) is 22.0. The molecule has 0 saturated carbocycles. The predicted octanol–water partition coefficient (Wildman–Crippen LogP) is 5.09. The van der Waals surface area contributed by atoms with E-state index in [9.17, 15) is 19.5 Å². The fourth-order valence-electron chi connectivity index (χ4n) is 3.36. The van der Waals surface area contributed by atoms with Crippen LogP contribution in [0.2, 0.25) is 0 Å². The van der Waals surface area contributed by atoms with E-state index >= 15 is 0 Å². The number of carbonyl (C=O) groups is 3. The third-order valence-electron chi connectivity index (χ3n) is 4.85. The van der Waals surface area contributed by atoms with E-state index in [0.717, 1.165) is 22.0 Å². The van der Waals surface area contributed by atoms with E-state index in [2.05, 4.69) is 10.6 Å². The van der Waals surface area contributed by atoms with Crippen molar-refractivity contribution in [2.24, 2.45) is 5.92 Å². The summed E-state index contributed by atoms with van der Waals surface area (Å²) in [5, 5.41) is 16.8. The number of carboxylic acids is 1. The van der Waals surface area contributed by atoms with Crippen LogP contribution in [0.4, 0.5) is 11.4 Å². The van der Waals surface area contributed by atoms with Crippen molar-refractivity contribution in [2.75, 3.05) is 10.6 Å². The van der Waals surface area contributed by atoms with Gasteiger partial charge >= 0.3 is 5.97 Å². The van der Waals surface area contributed by atoms with Gasteiger partial charge in [0.1, 0.15) is 0 Å². The van der Waals surface area contributed by atoms with Crippen molar-refractivity contribution < 1.29 is 19.5 Å². The summed E-state index contributed by atoms with van der Waals surface area (Å²) in [6, 6.07) is 18.1. The van der Waals surface area contributed by atoms with Gasteiger partial charge in [0.2, 0.25) is 11.8 Å². The molecular formula is C25H26N2O4. The fourth-order valence-corrected chi connectivity index (χ4v) is 3.36. The summed E-state index contributed by atoms with van der Waals surface area (Å²) in [6.45, 7) is 4.01. The molecule has 0 spiro atoms. The molecule has 3 aromatic rings. The molecule has 0 fully saturated rings. The third-order valence-corrected chi connectivity index (χ3v) is 4.85. The van der Waals surface area contributed by atoms with Crippen LogP contribution in [0, 0.1) is 5.92 Å². The molecule has 0 heterocycles. The highest BCUT2D eigenvalue weighted by molar-refractivity contribution is 6.00. The Balaban J connectivity index is 1.62. The van der Waals surface area contributed by atoms with Crippen molar-refractivity contribution in [1.29, 1.82) is 0 Å². The highest BCUT2D eigenvalue weighted by atomic mass is 16.4.